The molecule has 0 amide bonds. The molecule has 116 valence electrons. The number of hydrogen-bond acceptors (Lipinski definition) is 5. The SMILES string of the molecule is c1nc2c(c(-c3ccoc3)n1)CCN(C[C@@H]1CCOC1)CC2. The normalized spacial score (nSPS) is 22.5. The van der Waals surface area contributed by atoms with Gasteiger partial charge in [0.05, 0.1) is 24.8 Å². The van der Waals surface area contributed by atoms with Crippen LogP contribution in [0.4, 0.5) is 0 Å². The van der Waals surface area contributed by atoms with E-state index in [4.69, 9.17) is 9.15 Å². The fraction of sp³-hybridized carbons (Fsp3) is 0.529. The first-order valence-corrected chi connectivity index (χ1v) is 8.05. The van der Waals surface area contributed by atoms with Crippen molar-refractivity contribution in [3.8, 4) is 11.3 Å². The molecular formula is C17H21N3O2. The monoisotopic (exact) mass is 299 g/mol. The van der Waals surface area contributed by atoms with Crippen LogP contribution in [0.2, 0.25) is 0 Å². The highest BCUT2D eigenvalue weighted by atomic mass is 16.5. The Labute approximate surface area is 130 Å². The molecule has 2 aromatic rings. The van der Waals surface area contributed by atoms with Gasteiger partial charge in [-0.25, -0.2) is 9.97 Å². The zero-order chi connectivity index (χ0) is 14.8. The Balaban J connectivity index is 1.53. The van der Waals surface area contributed by atoms with Gasteiger partial charge in [-0.3, -0.25) is 0 Å². The average Bonchev–Trinajstić information content (AvgIpc) is 3.20. The Kier molecular flexibility index (Phi) is 3.91. The van der Waals surface area contributed by atoms with E-state index in [1.54, 1.807) is 18.9 Å². The summed E-state index contributed by atoms with van der Waals surface area (Å²) in [5, 5.41) is 0. The van der Waals surface area contributed by atoms with Crippen LogP contribution in [0.1, 0.15) is 17.7 Å². The third-order valence-electron chi connectivity index (χ3n) is 4.71. The van der Waals surface area contributed by atoms with Crippen molar-refractivity contribution in [2.24, 2.45) is 5.92 Å². The van der Waals surface area contributed by atoms with Crippen LogP contribution in [0.5, 0.6) is 0 Å². The summed E-state index contributed by atoms with van der Waals surface area (Å²) in [5.74, 6) is 0.695. The summed E-state index contributed by atoms with van der Waals surface area (Å²) in [6.07, 6.45) is 8.35. The summed E-state index contributed by atoms with van der Waals surface area (Å²) in [6.45, 7) is 5.13. The van der Waals surface area contributed by atoms with Gasteiger partial charge in [-0.15, -0.1) is 0 Å². The minimum absolute atomic E-state index is 0.695. The van der Waals surface area contributed by atoms with Crippen molar-refractivity contribution in [1.29, 1.82) is 0 Å². The van der Waals surface area contributed by atoms with E-state index >= 15 is 0 Å². The number of fused-ring (bicyclic) bond motifs is 1. The predicted octanol–water partition coefficient (Wildman–Crippen LogP) is 2.17. The van der Waals surface area contributed by atoms with E-state index in [0.29, 0.717) is 5.92 Å². The third kappa shape index (κ3) is 2.78. The minimum Gasteiger partial charge on any atom is -0.472 e. The molecule has 5 heteroatoms. The molecule has 0 radical (unpaired) electrons. The van der Waals surface area contributed by atoms with Crippen molar-refractivity contribution in [2.75, 3.05) is 32.8 Å². The Morgan fingerprint density at radius 3 is 3.00 bits per heavy atom. The van der Waals surface area contributed by atoms with Crippen molar-refractivity contribution >= 4 is 0 Å². The van der Waals surface area contributed by atoms with Crippen LogP contribution >= 0.6 is 0 Å². The second-order valence-electron chi connectivity index (χ2n) is 6.19. The molecule has 4 heterocycles. The lowest BCUT2D eigenvalue weighted by molar-refractivity contribution is 0.168. The molecule has 0 N–H and O–H groups in total. The highest BCUT2D eigenvalue weighted by molar-refractivity contribution is 5.62. The van der Waals surface area contributed by atoms with E-state index in [9.17, 15) is 0 Å². The zero-order valence-corrected chi connectivity index (χ0v) is 12.7. The summed E-state index contributed by atoms with van der Waals surface area (Å²) < 4.78 is 10.7. The van der Waals surface area contributed by atoms with Gasteiger partial charge in [0.15, 0.2) is 0 Å². The van der Waals surface area contributed by atoms with Gasteiger partial charge >= 0.3 is 0 Å². The quantitative estimate of drug-likeness (QED) is 0.869. The number of nitrogens with zero attached hydrogens (tertiary/aromatic N) is 3. The van der Waals surface area contributed by atoms with E-state index in [2.05, 4.69) is 14.9 Å². The Morgan fingerprint density at radius 2 is 2.18 bits per heavy atom. The van der Waals surface area contributed by atoms with E-state index in [0.717, 1.165) is 56.9 Å². The zero-order valence-electron chi connectivity index (χ0n) is 12.7. The van der Waals surface area contributed by atoms with Crippen molar-refractivity contribution in [3.05, 3.63) is 36.2 Å². The molecule has 2 aliphatic rings. The molecule has 2 aliphatic heterocycles. The first kappa shape index (κ1) is 13.9. The molecule has 22 heavy (non-hydrogen) atoms. The number of ether oxygens (including phenoxy) is 1. The van der Waals surface area contributed by atoms with Gasteiger partial charge in [0, 0.05) is 49.5 Å². The molecule has 1 saturated heterocycles. The number of hydrogen-bond donors (Lipinski definition) is 0. The molecule has 5 nitrogen and oxygen atoms in total. The van der Waals surface area contributed by atoms with Crippen molar-refractivity contribution in [1.82, 2.24) is 14.9 Å². The maximum absolute atomic E-state index is 5.50. The Morgan fingerprint density at radius 1 is 1.23 bits per heavy atom. The third-order valence-corrected chi connectivity index (χ3v) is 4.71. The fourth-order valence-corrected chi connectivity index (χ4v) is 3.50. The standard InChI is InChI=1S/C17H21N3O2/c1-5-20(9-13-3-7-21-10-13)6-2-16-15(1)17(19-12-18-16)14-4-8-22-11-14/h4,8,11-13H,1-3,5-7,9-10H2/t13-/m0/s1. The van der Waals surface area contributed by atoms with Crippen LogP contribution in [0.25, 0.3) is 11.3 Å². The first-order chi connectivity index (χ1) is 10.9. The summed E-state index contributed by atoms with van der Waals surface area (Å²) in [4.78, 5) is 11.6. The van der Waals surface area contributed by atoms with Gasteiger partial charge in [-0.1, -0.05) is 0 Å². The molecule has 0 aromatic carbocycles. The largest absolute Gasteiger partial charge is 0.472 e. The first-order valence-electron chi connectivity index (χ1n) is 8.05. The van der Waals surface area contributed by atoms with Crippen molar-refractivity contribution < 1.29 is 9.15 Å². The van der Waals surface area contributed by atoms with Gasteiger partial charge in [-0.2, -0.15) is 0 Å². The molecule has 0 spiro atoms. The van der Waals surface area contributed by atoms with E-state index in [1.165, 1.54) is 17.7 Å². The molecule has 0 unspecified atom stereocenters. The average molecular weight is 299 g/mol. The minimum atomic E-state index is 0.695. The van der Waals surface area contributed by atoms with Crippen molar-refractivity contribution in [2.45, 2.75) is 19.3 Å². The lowest BCUT2D eigenvalue weighted by Gasteiger charge is -2.22. The molecule has 2 aromatic heterocycles. The number of aromatic nitrogens is 2. The molecule has 1 atom stereocenters. The van der Waals surface area contributed by atoms with Crippen molar-refractivity contribution in [3.63, 3.8) is 0 Å². The van der Waals surface area contributed by atoms with E-state index in [1.807, 2.05) is 6.07 Å². The van der Waals surface area contributed by atoms with Crippen LogP contribution < -0.4 is 0 Å². The topological polar surface area (TPSA) is 51.4 Å². The number of furan rings is 1. The molecule has 0 bridgehead atoms. The summed E-state index contributed by atoms with van der Waals surface area (Å²) in [7, 11) is 0. The molecule has 0 aliphatic carbocycles. The smallest absolute Gasteiger partial charge is 0.116 e. The van der Waals surface area contributed by atoms with Crippen LogP contribution in [-0.2, 0) is 17.6 Å². The lowest BCUT2D eigenvalue weighted by Crippen LogP contribution is -2.32. The fourth-order valence-electron chi connectivity index (χ4n) is 3.50. The summed E-state index contributed by atoms with van der Waals surface area (Å²) >= 11 is 0. The highest BCUT2D eigenvalue weighted by Gasteiger charge is 2.23. The second-order valence-corrected chi connectivity index (χ2v) is 6.19. The van der Waals surface area contributed by atoms with Gasteiger partial charge in [0.2, 0.25) is 0 Å². The second kappa shape index (κ2) is 6.18. The van der Waals surface area contributed by atoms with Crippen LogP contribution in [0, 0.1) is 5.92 Å². The van der Waals surface area contributed by atoms with Gasteiger partial charge in [0.25, 0.3) is 0 Å². The Bertz CT molecular complexity index is 621. The van der Waals surface area contributed by atoms with Gasteiger partial charge in [-0.05, 0) is 24.8 Å². The van der Waals surface area contributed by atoms with Gasteiger partial charge < -0.3 is 14.1 Å². The van der Waals surface area contributed by atoms with Crippen LogP contribution in [-0.4, -0.2) is 47.7 Å². The molecule has 4 rings (SSSR count). The van der Waals surface area contributed by atoms with E-state index in [-0.39, 0.29) is 0 Å². The molecular weight excluding hydrogens is 278 g/mol. The van der Waals surface area contributed by atoms with E-state index < -0.39 is 0 Å². The van der Waals surface area contributed by atoms with Crippen LogP contribution in [0.3, 0.4) is 0 Å². The summed E-state index contributed by atoms with van der Waals surface area (Å²) in [6, 6.07) is 1.97. The highest BCUT2D eigenvalue weighted by Crippen LogP contribution is 2.26. The number of rotatable bonds is 3. The maximum atomic E-state index is 5.50. The van der Waals surface area contributed by atoms with Gasteiger partial charge in [0.1, 0.15) is 6.33 Å². The molecule has 0 saturated carbocycles. The maximum Gasteiger partial charge on any atom is 0.116 e. The Hall–Kier alpha value is -1.72. The van der Waals surface area contributed by atoms with Crippen LogP contribution in [0.15, 0.2) is 29.3 Å². The predicted molar refractivity (Wildman–Crippen MR) is 82.5 cm³/mol. The molecule has 1 fully saturated rings. The summed E-state index contributed by atoms with van der Waals surface area (Å²) in [5.41, 5.74) is 4.56. The lowest BCUT2D eigenvalue weighted by atomic mass is 10.0.